The van der Waals surface area contributed by atoms with Crippen LogP contribution < -0.4 is 4.57 Å². The number of pyridine rings is 1. The zero-order valence-electron chi connectivity index (χ0n) is 10.1. The molecule has 1 N–H and O–H groups in total. The van der Waals surface area contributed by atoms with Crippen molar-refractivity contribution < 1.29 is 35.8 Å². The topological polar surface area (TPSA) is 81.3 Å². The molecule has 0 saturated carbocycles. The number of halogens is 3. The normalized spacial score (nSPS) is 11.7. The van der Waals surface area contributed by atoms with Crippen LogP contribution in [0.25, 0.3) is 0 Å². The van der Waals surface area contributed by atoms with Gasteiger partial charge in [0.25, 0.3) is 0 Å². The van der Waals surface area contributed by atoms with Gasteiger partial charge in [-0.1, -0.05) is 0 Å². The van der Waals surface area contributed by atoms with Crippen molar-refractivity contribution in [3.8, 4) is 0 Å². The maximum absolute atomic E-state index is 10.7. The van der Waals surface area contributed by atoms with E-state index < -0.39 is 15.6 Å². The highest BCUT2D eigenvalue weighted by Gasteiger charge is 2.36. The predicted octanol–water partition coefficient (Wildman–Crippen LogP) is 0.487. The fraction of sp³-hybridized carbons (Fsp3) is 0.500. The Balaban J connectivity index is 0.000000362. The molecule has 1 aromatic heterocycles. The van der Waals surface area contributed by atoms with Gasteiger partial charge in [-0.05, 0) is 18.4 Å². The molecule has 0 saturated heterocycles. The average molecular weight is 301 g/mol. The fourth-order valence-electron chi connectivity index (χ4n) is 0.982. The van der Waals surface area contributed by atoms with Gasteiger partial charge < -0.3 is 9.66 Å². The van der Waals surface area contributed by atoms with Crippen molar-refractivity contribution in [3.63, 3.8) is 0 Å². The number of alkyl halides is 3. The summed E-state index contributed by atoms with van der Waals surface area (Å²) in [5.74, 6) is 0. The minimum atomic E-state index is -6.09. The first kappa shape index (κ1) is 17.8. The van der Waals surface area contributed by atoms with E-state index in [0.29, 0.717) is 0 Å². The lowest BCUT2D eigenvalue weighted by Crippen LogP contribution is -2.25. The highest BCUT2D eigenvalue weighted by molar-refractivity contribution is 7.86. The van der Waals surface area contributed by atoms with E-state index in [2.05, 4.69) is 12.1 Å². The first-order valence-electron chi connectivity index (χ1n) is 5.15. The van der Waals surface area contributed by atoms with Gasteiger partial charge in [-0.3, -0.25) is 0 Å². The smallest absolute Gasteiger partial charge is 0.485 e. The first-order valence-corrected chi connectivity index (χ1v) is 6.56. The van der Waals surface area contributed by atoms with E-state index in [1.165, 1.54) is 5.56 Å². The number of hydrogen-bond acceptors (Lipinski definition) is 4. The van der Waals surface area contributed by atoms with Crippen LogP contribution in [-0.2, 0) is 23.6 Å². The van der Waals surface area contributed by atoms with Gasteiger partial charge in [0.15, 0.2) is 22.5 Å². The molecule has 0 amide bonds. The van der Waals surface area contributed by atoms with Crippen molar-refractivity contribution in [1.82, 2.24) is 0 Å². The number of hydrogen-bond donors (Lipinski definition) is 1. The average Bonchev–Trinajstić information content (AvgIpc) is 2.26. The number of aliphatic hydroxyl groups is 1. The van der Waals surface area contributed by atoms with Gasteiger partial charge >= 0.3 is 5.51 Å². The predicted molar refractivity (Wildman–Crippen MR) is 58.8 cm³/mol. The molecule has 0 unspecified atom stereocenters. The van der Waals surface area contributed by atoms with Crippen LogP contribution in [0.15, 0.2) is 24.5 Å². The standard InChI is InChI=1S/C9H14NO.CHF3O3S/c1-10-6-4-9(5-7-10)3-2-8-11;2-1(3,4)8(5,6)7/h4-7,11H,2-3,8H2,1H3;(H,5,6,7)/q+1;/p-1. The summed E-state index contributed by atoms with van der Waals surface area (Å²) in [6, 6.07) is 4.16. The Hall–Kier alpha value is -1.19. The lowest BCUT2D eigenvalue weighted by atomic mass is 10.1. The van der Waals surface area contributed by atoms with Crippen LogP contribution in [0.3, 0.4) is 0 Å². The van der Waals surface area contributed by atoms with E-state index in [4.69, 9.17) is 18.1 Å². The molecule has 0 aliphatic carbocycles. The highest BCUT2D eigenvalue weighted by atomic mass is 32.2. The molecule has 0 radical (unpaired) electrons. The Morgan fingerprint density at radius 3 is 2.05 bits per heavy atom. The Bertz CT molecular complexity index is 471. The molecule has 1 rings (SSSR count). The summed E-state index contributed by atoms with van der Waals surface area (Å²) < 4.78 is 60.9. The van der Waals surface area contributed by atoms with E-state index in [9.17, 15) is 13.2 Å². The van der Waals surface area contributed by atoms with Gasteiger partial charge in [-0.15, -0.1) is 0 Å². The third kappa shape index (κ3) is 7.75. The molecular formula is C10H14F3NO4S. The van der Waals surface area contributed by atoms with Crippen molar-refractivity contribution in [1.29, 1.82) is 0 Å². The second-order valence-corrected chi connectivity index (χ2v) is 4.97. The molecule has 0 aliphatic heterocycles. The number of aliphatic hydroxyl groups excluding tert-OH is 1. The third-order valence-corrected chi connectivity index (χ3v) is 2.52. The third-order valence-electron chi connectivity index (χ3n) is 1.95. The minimum absolute atomic E-state index is 0.279. The Morgan fingerprint density at radius 2 is 1.74 bits per heavy atom. The molecule has 0 aromatic carbocycles. The van der Waals surface area contributed by atoms with Gasteiger partial charge in [0.05, 0.1) is 0 Å². The van der Waals surface area contributed by atoms with Crippen molar-refractivity contribution in [2.75, 3.05) is 6.61 Å². The van der Waals surface area contributed by atoms with Gasteiger partial charge in [0.2, 0.25) is 0 Å². The number of aromatic nitrogens is 1. The highest BCUT2D eigenvalue weighted by Crippen LogP contribution is 2.20. The van der Waals surface area contributed by atoms with E-state index in [-0.39, 0.29) is 6.61 Å². The molecule has 0 atom stereocenters. The summed E-state index contributed by atoms with van der Waals surface area (Å²) in [5, 5.41) is 8.58. The molecule has 110 valence electrons. The quantitative estimate of drug-likeness (QED) is 0.500. The van der Waals surface area contributed by atoms with Crippen LogP contribution in [0.1, 0.15) is 12.0 Å². The van der Waals surface area contributed by atoms with E-state index >= 15 is 0 Å². The second-order valence-electron chi connectivity index (χ2n) is 3.60. The summed E-state index contributed by atoms with van der Waals surface area (Å²) in [6.07, 6.45) is 5.87. The Labute approximate surface area is 109 Å². The molecule has 1 aromatic rings. The lowest BCUT2D eigenvalue weighted by Gasteiger charge is -2.08. The molecule has 5 nitrogen and oxygen atoms in total. The zero-order valence-corrected chi connectivity index (χ0v) is 10.9. The monoisotopic (exact) mass is 301 g/mol. The summed E-state index contributed by atoms with van der Waals surface area (Å²) in [6.45, 7) is 0.279. The molecule has 19 heavy (non-hydrogen) atoms. The van der Waals surface area contributed by atoms with Crippen molar-refractivity contribution >= 4 is 10.1 Å². The van der Waals surface area contributed by atoms with Gasteiger partial charge in [0, 0.05) is 18.7 Å². The van der Waals surface area contributed by atoms with Crippen LogP contribution in [0, 0.1) is 0 Å². The summed E-state index contributed by atoms with van der Waals surface area (Å²) in [7, 11) is -4.09. The van der Waals surface area contributed by atoms with Crippen LogP contribution >= 0.6 is 0 Å². The summed E-state index contributed by atoms with van der Waals surface area (Å²) in [4.78, 5) is 0. The zero-order chi connectivity index (χ0) is 15.1. The van der Waals surface area contributed by atoms with Crippen LogP contribution in [-0.4, -0.2) is 30.2 Å². The van der Waals surface area contributed by atoms with E-state index in [1.54, 1.807) is 0 Å². The molecule has 1 heterocycles. The number of rotatable bonds is 3. The number of aryl methyl sites for hydroxylation is 2. The molecular weight excluding hydrogens is 287 g/mol. The maximum atomic E-state index is 10.7. The van der Waals surface area contributed by atoms with Crippen molar-refractivity contribution in [2.45, 2.75) is 18.3 Å². The second kappa shape index (κ2) is 7.41. The van der Waals surface area contributed by atoms with Crippen LogP contribution in [0.2, 0.25) is 0 Å². The summed E-state index contributed by atoms with van der Waals surface area (Å²) in [5.41, 5.74) is -4.36. The first-order chi connectivity index (χ1) is 8.58. The van der Waals surface area contributed by atoms with Crippen LogP contribution in [0.4, 0.5) is 13.2 Å². The molecule has 0 fully saturated rings. The molecule has 0 bridgehead atoms. The maximum Gasteiger partial charge on any atom is 0.485 e. The fourth-order valence-corrected chi connectivity index (χ4v) is 0.982. The van der Waals surface area contributed by atoms with E-state index in [0.717, 1.165) is 12.8 Å². The van der Waals surface area contributed by atoms with Gasteiger partial charge in [-0.2, -0.15) is 13.2 Å². The van der Waals surface area contributed by atoms with E-state index in [1.807, 2.05) is 24.0 Å². The molecule has 0 spiro atoms. The molecule has 0 aliphatic rings. The van der Waals surface area contributed by atoms with Gasteiger partial charge in [0.1, 0.15) is 7.05 Å². The SMILES string of the molecule is C[n+]1ccc(CCCO)cc1.O=S(=O)([O-])C(F)(F)F. The Morgan fingerprint density at radius 1 is 1.32 bits per heavy atom. The van der Waals surface area contributed by atoms with Gasteiger partial charge in [-0.25, -0.2) is 13.0 Å². The van der Waals surface area contributed by atoms with Crippen LogP contribution in [0.5, 0.6) is 0 Å². The minimum Gasteiger partial charge on any atom is -0.741 e. The van der Waals surface area contributed by atoms with Crippen molar-refractivity contribution in [3.05, 3.63) is 30.1 Å². The summed E-state index contributed by atoms with van der Waals surface area (Å²) >= 11 is 0. The molecule has 9 heteroatoms. The van der Waals surface area contributed by atoms with Crippen molar-refractivity contribution in [2.24, 2.45) is 7.05 Å². The number of nitrogens with zero attached hydrogens (tertiary/aromatic N) is 1. The Kier molecular flexibility index (Phi) is 6.95. The lowest BCUT2D eigenvalue weighted by molar-refractivity contribution is -0.671. The largest absolute Gasteiger partial charge is 0.741 e.